The van der Waals surface area contributed by atoms with Gasteiger partial charge in [0.15, 0.2) is 12.4 Å². The first-order valence-electron chi connectivity index (χ1n) is 5.90. The van der Waals surface area contributed by atoms with Crippen LogP contribution in [0.3, 0.4) is 0 Å². The number of ether oxygens (including phenoxy) is 1. The molecule has 1 heterocycles. The average Bonchev–Trinajstić information content (AvgIpc) is 2.81. The molecule has 0 unspecified atom stereocenters. The van der Waals surface area contributed by atoms with Crippen molar-refractivity contribution in [2.45, 2.75) is 13.5 Å². The summed E-state index contributed by atoms with van der Waals surface area (Å²) in [5.74, 6) is -0.801. The number of halogens is 1. The minimum atomic E-state index is -0.774. The van der Waals surface area contributed by atoms with Gasteiger partial charge in [0.25, 0.3) is 5.89 Å². The van der Waals surface area contributed by atoms with Crippen LogP contribution in [0.4, 0.5) is 10.1 Å². The summed E-state index contributed by atoms with van der Waals surface area (Å²) < 4.78 is 23.5. The summed E-state index contributed by atoms with van der Waals surface area (Å²) in [4.78, 5) is 17.4. The van der Waals surface area contributed by atoms with Crippen LogP contribution in [0.5, 0.6) is 0 Å². The number of aryl methyl sites for hydroxylation is 1. The SMILES string of the molecule is Cc1noc(COC(=O)c2ccc(N(C)C)cc2F)n1. The summed E-state index contributed by atoms with van der Waals surface area (Å²) in [6.07, 6.45) is 0. The molecule has 2 rings (SSSR count). The van der Waals surface area contributed by atoms with Crippen LogP contribution in [0.1, 0.15) is 22.1 Å². The predicted octanol–water partition coefficient (Wildman–Crippen LogP) is 1.94. The summed E-state index contributed by atoms with van der Waals surface area (Å²) >= 11 is 0. The zero-order valence-electron chi connectivity index (χ0n) is 11.4. The first-order chi connectivity index (χ1) is 9.47. The van der Waals surface area contributed by atoms with Crippen molar-refractivity contribution < 1.29 is 18.4 Å². The molecule has 0 aliphatic heterocycles. The number of esters is 1. The Morgan fingerprint density at radius 2 is 2.20 bits per heavy atom. The maximum Gasteiger partial charge on any atom is 0.341 e. The fourth-order valence-electron chi connectivity index (χ4n) is 1.55. The highest BCUT2D eigenvalue weighted by molar-refractivity contribution is 5.90. The van der Waals surface area contributed by atoms with Crippen molar-refractivity contribution in [1.82, 2.24) is 10.1 Å². The van der Waals surface area contributed by atoms with Crippen LogP contribution >= 0.6 is 0 Å². The quantitative estimate of drug-likeness (QED) is 0.797. The van der Waals surface area contributed by atoms with E-state index < -0.39 is 11.8 Å². The topological polar surface area (TPSA) is 68.5 Å². The fraction of sp³-hybridized carbons (Fsp3) is 0.308. The number of anilines is 1. The third-order valence-corrected chi connectivity index (χ3v) is 2.59. The van der Waals surface area contributed by atoms with Gasteiger partial charge in [-0.1, -0.05) is 5.16 Å². The van der Waals surface area contributed by atoms with Gasteiger partial charge in [-0.05, 0) is 25.1 Å². The molecule has 0 saturated carbocycles. The van der Waals surface area contributed by atoms with Crippen molar-refractivity contribution in [2.75, 3.05) is 19.0 Å². The lowest BCUT2D eigenvalue weighted by molar-refractivity contribution is 0.0424. The zero-order valence-corrected chi connectivity index (χ0v) is 11.4. The van der Waals surface area contributed by atoms with E-state index in [4.69, 9.17) is 9.26 Å². The van der Waals surface area contributed by atoms with E-state index in [0.29, 0.717) is 11.5 Å². The van der Waals surface area contributed by atoms with Crippen molar-refractivity contribution in [1.29, 1.82) is 0 Å². The number of carbonyl (C=O) groups excluding carboxylic acids is 1. The van der Waals surface area contributed by atoms with Gasteiger partial charge in [-0.2, -0.15) is 4.98 Å². The molecule has 7 heteroatoms. The van der Waals surface area contributed by atoms with Crippen LogP contribution in [0.2, 0.25) is 0 Å². The van der Waals surface area contributed by atoms with E-state index in [1.54, 1.807) is 32.0 Å². The summed E-state index contributed by atoms with van der Waals surface area (Å²) in [5, 5.41) is 3.56. The van der Waals surface area contributed by atoms with Crippen LogP contribution in [0, 0.1) is 12.7 Å². The molecule has 0 radical (unpaired) electrons. The lowest BCUT2D eigenvalue weighted by Crippen LogP contribution is -2.12. The molecule has 1 aromatic carbocycles. The molecule has 20 heavy (non-hydrogen) atoms. The van der Waals surface area contributed by atoms with E-state index >= 15 is 0 Å². The minimum absolute atomic E-state index is 0.133. The molecule has 0 fully saturated rings. The standard InChI is InChI=1S/C13H14FN3O3/c1-8-15-12(20-16-8)7-19-13(18)10-5-4-9(17(2)3)6-11(10)14/h4-6H,7H2,1-3H3. The van der Waals surface area contributed by atoms with E-state index in [9.17, 15) is 9.18 Å². The Morgan fingerprint density at radius 1 is 1.45 bits per heavy atom. The normalized spacial score (nSPS) is 10.4. The van der Waals surface area contributed by atoms with Gasteiger partial charge < -0.3 is 14.2 Å². The number of benzene rings is 1. The third-order valence-electron chi connectivity index (χ3n) is 2.59. The third kappa shape index (κ3) is 3.11. The lowest BCUT2D eigenvalue weighted by atomic mass is 10.2. The molecule has 106 valence electrons. The van der Waals surface area contributed by atoms with Crippen molar-refractivity contribution in [2.24, 2.45) is 0 Å². The summed E-state index contributed by atoms with van der Waals surface area (Å²) in [6.45, 7) is 1.46. The summed E-state index contributed by atoms with van der Waals surface area (Å²) in [6, 6.07) is 4.29. The predicted molar refractivity (Wildman–Crippen MR) is 68.9 cm³/mol. The van der Waals surface area contributed by atoms with Gasteiger partial charge in [0, 0.05) is 19.8 Å². The number of hydrogen-bond acceptors (Lipinski definition) is 6. The van der Waals surface area contributed by atoms with E-state index in [1.807, 2.05) is 0 Å². The van der Waals surface area contributed by atoms with Crippen molar-refractivity contribution in [3.63, 3.8) is 0 Å². The molecule has 6 nitrogen and oxygen atoms in total. The number of aromatic nitrogens is 2. The van der Waals surface area contributed by atoms with Crippen LogP contribution in [0.15, 0.2) is 22.7 Å². The number of carbonyl (C=O) groups is 1. The molecular weight excluding hydrogens is 265 g/mol. The number of nitrogens with zero attached hydrogens (tertiary/aromatic N) is 3. The van der Waals surface area contributed by atoms with Crippen LogP contribution in [0.25, 0.3) is 0 Å². The zero-order chi connectivity index (χ0) is 14.7. The smallest absolute Gasteiger partial charge is 0.341 e. The monoisotopic (exact) mass is 279 g/mol. The van der Waals surface area contributed by atoms with E-state index in [1.165, 1.54) is 12.1 Å². The van der Waals surface area contributed by atoms with Gasteiger partial charge in [0.05, 0.1) is 5.56 Å². The van der Waals surface area contributed by atoms with E-state index in [-0.39, 0.29) is 18.1 Å². The molecule has 2 aromatic rings. The Labute approximate surface area is 115 Å². The first-order valence-corrected chi connectivity index (χ1v) is 5.90. The van der Waals surface area contributed by atoms with Gasteiger partial charge in [0.1, 0.15) is 5.82 Å². The Hall–Kier alpha value is -2.44. The average molecular weight is 279 g/mol. The summed E-state index contributed by atoms with van der Waals surface area (Å²) in [7, 11) is 3.56. The second-order valence-corrected chi connectivity index (χ2v) is 4.37. The molecule has 0 aliphatic rings. The highest BCUT2D eigenvalue weighted by Crippen LogP contribution is 2.17. The number of hydrogen-bond donors (Lipinski definition) is 0. The van der Waals surface area contributed by atoms with Gasteiger partial charge in [-0.3, -0.25) is 0 Å². The molecular formula is C13H14FN3O3. The first kappa shape index (κ1) is 14.0. The highest BCUT2D eigenvalue weighted by atomic mass is 19.1. The highest BCUT2D eigenvalue weighted by Gasteiger charge is 2.15. The van der Waals surface area contributed by atoms with Gasteiger partial charge in [-0.15, -0.1) is 0 Å². The Balaban J connectivity index is 2.05. The molecule has 0 bridgehead atoms. The van der Waals surface area contributed by atoms with Crippen molar-refractivity contribution >= 4 is 11.7 Å². The van der Waals surface area contributed by atoms with Crippen LogP contribution in [-0.2, 0) is 11.3 Å². The Bertz CT molecular complexity index is 625. The Morgan fingerprint density at radius 3 is 2.75 bits per heavy atom. The van der Waals surface area contributed by atoms with E-state index in [0.717, 1.165) is 0 Å². The van der Waals surface area contributed by atoms with Crippen molar-refractivity contribution in [3.05, 3.63) is 41.3 Å². The van der Waals surface area contributed by atoms with Crippen LogP contribution < -0.4 is 4.90 Å². The van der Waals surface area contributed by atoms with Gasteiger partial charge in [0.2, 0.25) is 0 Å². The largest absolute Gasteiger partial charge is 0.452 e. The minimum Gasteiger partial charge on any atom is -0.452 e. The molecule has 0 spiro atoms. The molecule has 0 aliphatic carbocycles. The molecule has 0 saturated heterocycles. The number of rotatable bonds is 4. The van der Waals surface area contributed by atoms with Gasteiger partial charge in [-0.25, -0.2) is 9.18 Å². The molecule has 1 aromatic heterocycles. The van der Waals surface area contributed by atoms with Crippen molar-refractivity contribution in [3.8, 4) is 0 Å². The maximum atomic E-state index is 13.8. The molecule has 0 N–H and O–H groups in total. The fourth-order valence-corrected chi connectivity index (χ4v) is 1.55. The molecule has 0 atom stereocenters. The Kier molecular flexibility index (Phi) is 3.97. The second kappa shape index (κ2) is 5.68. The summed E-state index contributed by atoms with van der Waals surface area (Å²) in [5.41, 5.74) is 0.526. The molecule has 0 amide bonds. The second-order valence-electron chi connectivity index (χ2n) is 4.37. The van der Waals surface area contributed by atoms with Gasteiger partial charge >= 0.3 is 5.97 Å². The maximum absolute atomic E-state index is 13.8. The van der Waals surface area contributed by atoms with Crippen LogP contribution in [-0.4, -0.2) is 30.2 Å². The van der Waals surface area contributed by atoms with E-state index in [2.05, 4.69) is 10.1 Å². The lowest BCUT2D eigenvalue weighted by Gasteiger charge is -2.13.